The number of nitrogens with zero attached hydrogens (tertiary/aromatic N) is 3. The van der Waals surface area contributed by atoms with E-state index in [1.54, 1.807) is 0 Å². The van der Waals surface area contributed by atoms with Gasteiger partial charge in [-0.05, 0) is 36.9 Å². The number of ether oxygens (including phenoxy) is 1. The fraction of sp³-hybridized carbons (Fsp3) is 0.500. The van der Waals surface area contributed by atoms with Gasteiger partial charge in [-0.2, -0.15) is 4.98 Å². The average Bonchev–Trinajstić information content (AvgIpc) is 3.00. The summed E-state index contributed by atoms with van der Waals surface area (Å²) in [6.45, 7) is 4.58. The number of piperidine rings is 1. The summed E-state index contributed by atoms with van der Waals surface area (Å²) >= 11 is 0. The third-order valence-electron chi connectivity index (χ3n) is 4.46. The van der Waals surface area contributed by atoms with Gasteiger partial charge in [-0.1, -0.05) is 23.4 Å². The maximum absolute atomic E-state index is 11.9. The van der Waals surface area contributed by atoms with E-state index in [9.17, 15) is 4.79 Å². The van der Waals surface area contributed by atoms with Crippen LogP contribution in [0.2, 0.25) is 0 Å². The van der Waals surface area contributed by atoms with E-state index in [0.717, 1.165) is 43.9 Å². The summed E-state index contributed by atoms with van der Waals surface area (Å²) < 4.78 is 9.94. The Morgan fingerprint density at radius 2 is 2.25 bits per heavy atom. The summed E-state index contributed by atoms with van der Waals surface area (Å²) in [6, 6.07) is 7.65. The molecule has 0 radical (unpaired) electrons. The van der Waals surface area contributed by atoms with Crippen molar-refractivity contribution in [1.82, 2.24) is 15.0 Å². The molecule has 0 aliphatic carbocycles. The summed E-state index contributed by atoms with van der Waals surface area (Å²) in [5.41, 5.74) is 1.66. The Labute approximate surface area is 141 Å². The molecule has 3 rings (SSSR count). The van der Waals surface area contributed by atoms with Crippen LogP contribution < -0.4 is 0 Å². The second-order valence-corrected chi connectivity index (χ2v) is 6.33. The molecule has 0 amide bonds. The van der Waals surface area contributed by atoms with Crippen molar-refractivity contribution in [1.29, 1.82) is 0 Å². The van der Waals surface area contributed by atoms with Gasteiger partial charge in [-0.15, -0.1) is 0 Å². The van der Waals surface area contributed by atoms with Crippen molar-refractivity contribution in [2.24, 2.45) is 5.92 Å². The highest BCUT2D eigenvalue weighted by Crippen LogP contribution is 2.22. The molecule has 0 spiro atoms. The number of aryl methyl sites for hydroxylation is 1. The number of aromatic nitrogens is 2. The van der Waals surface area contributed by atoms with Crippen molar-refractivity contribution in [2.45, 2.75) is 32.7 Å². The van der Waals surface area contributed by atoms with Crippen LogP contribution in [0.3, 0.4) is 0 Å². The summed E-state index contributed by atoms with van der Waals surface area (Å²) in [6.07, 6.45) is 3.15. The SMILES string of the molecule is COC(=O)c1ccccc1CN1CCC[C@H](Cc2noc(C)n2)C1. The molecule has 0 N–H and O–H groups in total. The Morgan fingerprint density at radius 3 is 3.00 bits per heavy atom. The van der Waals surface area contributed by atoms with Crippen molar-refractivity contribution in [3.05, 3.63) is 47.1 Å². The van der Waals surface area contributed by atoms with Gasteiger partial charge >= 0.3 is 5.97 Å². The molecule has 0 saturated carbocycles. The molecule has 1 atom stereocenters. The molecule has 24 heavy (non-hydrogen) atoms. The van der Waals surface area contributed by atoms with Gasteiger partial charge in [0.15, 0.2) is 5.82 Å². The van der Waals surface area contributed by atoms with Crippen LogP contribution >= 0.6 is 0 Å². The predicted octanol–water partition coefficient (Wildman–Crippen LogP) is 2.62. The Morgan fingerprint density at radius 1 is 1.42 bits per heavy atom. The largest absolute Gasteiger partial charge is 0.465 e. The lowest BCUT2D eigenvalue weighted by Gasteiger charge is -2.32. The van der Waals surface area contributed by atoms with Crippen LogP contribution in [0.15, 0.2) is 28.8 Å². The fourth-order valence-electron chi connectivity index (χ4n) is 3.35. The van der Waals surface area contributed by atoms with Gasteiger partial charge in [0, 0.05) is 26.4 Å². The average molecular weight is 329 g/mol. The number of carbonyl (C=O) groups is 1. The Hall–Kier alpha value is -2.21. The molecule has 1 aliphatic rings. The van der Waals surface area contributed by atoms with Gasteiger partial charge in [0.2, 0.25) is 5.89 Å². The second-order valence-electron chi connectivity index (χ2n) is 6.33. The minimum absolute atomic E-state index is 0.276. The number of hydrogen-bond donors (Lipinski definition) is 0. The number of carbonyl (C=O) groups excluding carboxylic acids is 1. The molecule has 2 heterocycles. The summed E-state index contributed by atoms with van der Waals surface area (Å²) in [7, 11) is 1.42. The van der Waals surface area contributed by atoms with Gasteiger partial charge in [0.1, 0.15) is 0 Å². The van der Waals surface area contributed by atoms with E-state index in [0.29, 0.717) is 17.4 Å². The van der Waals surface area contributed by atoms with E-state index >= 15 is 0 Å². The van der Waals surface area contributed by atoms with Crippen molar-refractivity contribution in [3.63, 3.8) is 0 Å². The number of esters is 1. The number of likely N-dealkylation sites (tertiary alicyclic amines) is 1. The second kappa shape index (κ2) is 7.57. The van der Waals surface area contributed by atoms with Crippen LogP contribution in [0.5, 0.6) is 0 Å². The number of hydrogen-bond acceptors (Lipinski definition) is 6. The molecule has 2 aromatic rings. The van der Waals surface area contributed by atoms with E-state index in [2.05, 4.69) is 15.0 Å². The number of methoxy groups -OCH3 is 1. The smallest absolute Gasteiger partial charge is 0.338 e. The monoisotopic (exact) mass is 329 g/mol. The standard InChI is InChI=1S/C18H23N3O3/c1-13-19-17(20-24-13)10-14-6-5-9-21(11-14)12-15-7-3-4-8-16(15)18(22)23-2/h3-4,7-8,14H,5-6,9-12H2,1-2H3/t14-/m1/s1. The molecule has 128 valence electrons. The third-order valence-corrected chi connectivity index (χ3v) is 4.46. The molecule has 1 fully saturated rings. The zero-order chi connectivity index (χ0) is 16.9. The summed E-state index contributed by atoms with van der Waals surface area (Å²) in [5.74, 6) is 1.64. The molecule has 1 saturated heterocycles. The molecular weight excluding hydrogens is 306 g/mol. The van der Waals surface area contributed by atoms with Crippen molar-refractivity contribution >= 4 is 5.97 Å². The molecular formula is C18H23N3O3. The molecule has 1 aliphatic heterocycles. The van der Waals surface area contributed by atoms with E-state index in [1.165, 1.54) is 13.5 Å². The van der Waals surface area contributed by atoms with Crippen molar-refractivity contribution in [2.75, 3.05) is 20.2 Å². The predicted molar refractivity (Wildman–Crippen MR) is 88.5 cm³/mol. The lowest BCUT2D eigenvalue weighted by atomic mass is 9.94. The lowest BCUT2D eigenvalue weighted by molar-refractivity contribution is 0.0597. The summed E-state index contributed by atoms with van der Waals surface area (Å²) in [5, 5.41) is 4.00. The van der Waals surface area contributed by atoms with Gasteiger partial charge < -0.3 is 9.26 Å². The Balaban J connectivity index is 1.64. The van der Waals surface area contributed by atoms with Crippen molar-refractivity contribution < 1.29 is 14.1 Å². The van der Waals surface area contributed by atoms with E-state index in [-0.39, 0.29) is 5.97 Å². The van der Waals surface area contributed by atoms with Crippen molar-refractivity contribution in [3.8, 4) is 0 Å². The number of rotatable bonds is 5. The van der Waals surface area contributed by atoms with Gasteiger partial charge in [-0.25, -0.2) is 4.79 Å². The highest BCUT2D eigenvalue weighted by atomic mass is 16.5. The van der Waals surface area contributed by atoms with Crippen LogP contribution in [0.4, 0.5) is 0 Å². The van der Waals surface area contributed by atoms with Crippen LogP contribution in [0.25, 0.3) is 0 Å². The maximum Gasteiger partial charge on any atom is 0.338 e. The van der Waals surface area contributed by atoms with Gasteiger partial charge in [0.05, 0.1) is 12.7 Å². The minimum atomic E-state index is -0.276. The van der Waals surface area contributed by atoms with Crippen LogP contribution in [-0.4, -0.2) is 41.2 Å². The maximum atomic E-state index is 11.9. The lowest BCUT2D eigenvalue weighted by Crippen LogP contribution is -2.36. The third kappa shape index (κ3) is 4.00. The van der Waals surface area contributed by atoms with Crippen LogP contribution in [0.1, 0.15) is 40.5 Å². The molecule has 0 bridgehead atoms. The molecule has 1 aromatic carbocycles. The first-order chi connectivity index (χ1) is 11.7. The van der Waals surface area contributed by atoms with Gasteiger partial charge in [-0.3, -0.25) is 4.90 Å². The molecule has 1 aromatic heterocycles. The van der Waals surface area contributed by atoms with E-state index in [1.807, 2.05) is 31.2 Å². The Kier molecular flexibility index (Phi) is 5.25. The Bertz CT molecular complexity index is 698. The fourth-order valence-corrected chi connectivity index (χ4v) is 3.35. The van der Waals surface area contributed by atoms with Crippen LogP contribution in [0, 0.1) is 12.8 Å². The molecule has 0 unspecified atom stereocenters. The topological polar surface area (TPSA) is 68.5 Å². The molecule has 6 nitrogen and oxygen atoms in total. The first-order valence-corrected chi connectivity index (χ1v) is 8.33. The summed E-state index contributed by atoms with van der Waals surface area (Å²) in [4.78, 5) is 18.6. The first kappa shape index (κ1) is 16.6. The minimum Gasteiger partial charge on any atom is -0.465 e. The highest BCUT2D eigenvalue weighted by molar-refractivity contribution is 5.90. The zero-order valence-corrected chi connectivity index (χ0v) is 14.2. The van der Waals surface area contributed by atoms with Crippen LogP contribution in [-0.2, 0) is 17.7 Å². The van der Waals surface area contributed by atoms with E-state index in [4.69, 9.17) is 9.26 Å². The zero-order valence-electron chi connectivity index (χ0n) is 14.2. The van der Waals surface area contributed by atoms with E-state index < -0.39 is 0 Å². The van der Waals surface area contributed by atoms with Gasteiger partial charge in [0.25, 0.3) is 0 Å². The first-order valence-electron chi connectivity index (χ1n) is 8.33. The quantitative estimate of drug-likeness (QED) is 0.786. The normalized spacial score (nSPS) is 18.5. The molecule has 6 heteroatoms. The highest BCUT2D eigenvalue weighted by Gasteiger charge is 2.23. The number of benzene rings is 1.